The number of hydrogen-bond donors (Lipinski definition) is 2. The molecule has 0 aromatic carbocycles. The van der Waals surface area contributed by atoms with E-state index in [1.807, 2.05) is 0 Å². The fraction of sp³-hybridized carbons (Fsp3) is 0.625. The lowest BCUT2D eigenvalue weighted by Crippen LogP contribution is -2.45. The number of alkyl halides is 3. The number of nitrogens with zero attached hydrogens (tertiary/aromatic N) is 1. The summed E-state index contributed by atoms with van der Waals surface area (Å²) in [5.41, 5.74) is 6.04. The topological polar surface area (TPSA) is 77.2 Å². The number of ether oxygens (including phenoxy) is 1. The molecule has 1 heterocycles. The van der Waals surface area contributed by atoms with Crippen LogP contribution in [0.3, 0.4) is 0 Å². The molecule has 0 spiro atoms. The molecule has 1 unspecified atom stereocenters. The Morgan fingerprint density at radius 3 is 2.58 bits per heavy atom. The van der Waals surface area contributed by atoms with Crippen LogP contribution in [0.2, 0.25) is 0 Å². The first-order valence-electron chi connectivity index (χ1n) is 8.05. The van der Waals surface area contributed by atoms with E-state index >= 15 is 0 Å². The van der Waals surface area contributed by atoms with Gasteiger partial charge in [-0.05, 0) is 24.8 Å². The molecule has 8 heteroatoms. The quantitative estimate of drug-likeness (QED) is 0.831. The molecular weight excluding hydrogens is 323 g/mol. The third kappa shape index (κ3) is 5.67. The highest BCUT2D eigenvalue weighted by Gasteiger charge is 2.29. The first-order chi connectivity index (χ1) is 11.4. The second-order valence-corrected chi connectivity index (χ2v) is 6.00. The minimum Gasteiger partial charge on any atom is -0.468 e. The molecule has 0 bridgehead atoms. The molecule has 1 fully saturated rings. The Kier molecular flexibility index (Phi) is 6.42. The number of nitrogens with one attached hydrogen (secondary N) is 1. The third-order valence-corrected chi connectivity index (χ3v) is 4.17. The van der Waals surface area contributed by atoms with Crippen LogP contribution in [0.15, 0.2) is 18.3 Å². The third-order valence-electron chi connectivity index (χ3n) is 4.17. The molecular formula is C16H22F3N3O2. The molecule has 1 aromatic heterocycles. The van der Waals surface area contributed by atoms with Crippen molar-refractivity contribution in [3.8, 4) is 5.88 Å². The number of aromatic nitrogens is 1. The van der Waals surface area contributed by atoms with Gasteiger partial charge in [0.1, 0.15) is 0 Å². The fourth-order valence-electron chi connectivity index (χ4n) is 2.91. The van der Waals surface area contributed by atoms with Crippen LogP contribution in [0.25, 0.3) is 0 Å². The van der Waals surface area contributed by atoms with Gasteiger partial charge in [0.2, 0.25) is 5.88 Å². The minimum atomic E-state index is -4.42. The van der Waals surface area contributed by atoms with Gasteiger partial charge in [-0.3, -0.25) is 4.79 Å². The summed E-state index contributed by atoms with van der Waals surface area (Å²) in [4.78, 5) is 16.0. The molecule has 5 nitrogen and oxygen atoms in total. The van der Waals surface area contributed by atoms with E-state index in [0.29, 0.717) is 12.5 Å². The second-order valence-electron chi connectivity index (χ2n) is 6.00. The molecule has 1 saturated carbocycles. The number of rotatable bonds is 6. The molecule has 1 atom stereocenters. The first kappa shape index (κ1) is 18.5. The van der Waals surface area contributed by atoms with Crippen LogP contribution in [-0.2, 0) is 0 Å². The number of pyridine rings is 1. The van der Waals surface area contributed by atoms with Crippen LogP contribution in [0, 0.1) is 5.92 Å². The molecule has 24 heavy (non-hydrogen) atoms. The Morgan fingerprint density at radius 1 is 1.33 bits per heavy atom. The van der Waals surface area contributed by atoms with Crippen molar-refractivity contribution >= 4 is 5.91 Å². The zero-order valence-electron chi connectivity index (χ0n) is 13.3. The van der Waals surface area contributed by atoms with Crippen LogP contribution >= 0.6 is 0 Å². The van der Waals surface area contributed by atoms with Gasteiger partial charge in [0.05, 0.1) is 5.56 Å². The van der Waals surface area contributed by atoms with E-state index in [-0.39, 0.29) is 23.4 Å². The lowest BCUT2D eigenvalue weighted by atomic mass is 9.84. The van der Waals surface area contributed by atoms with Crippen molar-refractivity contribution in [2.45, 2.75) is 44.3 Å². The van der Waals surface area contributed by atoms with Crippen molar-refractivity contribution in [1.29, 1.82) is 0 Å². The van der Waals surface area contributed by atoms with Crippen LogP contribution < -0.4 is 15.8 Å². The van der Waals surface area contributed by atoms with Gasteiger partial charge in [0.15, 0.2) is 6.61 Å². The summed E-state index contributed by atoms with van der Waals surface area (Å²) >= 11 is 0. The van der Waals surface area contributed by atoms with Crippen molar-refractivity contribution in [2.75, 3.05) is 13.2 Å². The van der Waals surface area contributed by atoms with E-state index in [2.05, 4.69) is 15.0 Å². The highest BCUT2D eigenvalue weighted by Crippen LogP contribution is 2.26. The number of amides is 1. The molecule has 134 valence electrons. The van der Waals surface area contributed by atoms with E-state index in [1.54, 1.807) is 0 Å². The number of carbonyl (C=O) groups excluding carboxylic acids is 1. The largest absolute Gasteiger partial charge is 0.468 e. The Labute approximate surface area is 138 Å². The molecule has 0 saturated heterocycles. The lowest BCUT2D eigenvalue weighted by molar-refractivity contribution is -0.154. The van der Waals surface area contributed by atoms with Crippen molar-refractivity contribution < 1.29 is 22.7 Å². The Hall–Kier alpha value is -1.83. The van der Waals surface area contributed by atoms with Crippen LogP contribution in [0.4, 0.5) is 13.2 Å². The average Bonchev–Trinajstić information content (AvgIpc) is 2.58. The van der Waals surface area contributed by atoms with Crippen molar-refractivity contribution in [2.24, 2.45) is 11.7 Å². The summed E-state index contributed by atoms with van der Waals surface area (Å²) in [6.45, 7) is -1.06. The number of halogens is 3. The summed E-state index contributed by atoms with van der Waals surface area (Å²) < 4.78 is 40.8. The lowest BCUT2D eigenvalue weighted by Gasteiger charge is -2.30. The van der Waals surface area contributed by atoms with Gasteiger partial charge in [0.25, 0.3) is 5.91 Å². The van der Waals surface area contributed by atoms with Gasteiger partial charge in [-0.15, -0.1) is 0 Å². The summed E-state index contributed by atoms with van der Waals surface area (Å²) in [5.74, 6) is -0.132. The SMILES string of the molecule is NCC(NC(=O)c1ccc(OCC(F)(F)F)nc1)C1CCCCC1. The summed E-state index contributed by atoms with van der Waals surface area (Å²) in [6.07, 6.45) is 2.37. The highest BCUT2D eigenvalue weighted by molar-refractivity contribution is 5.94. The number of nitrogens with two attached hydrogens (primary N) is 1. The van der Waals surface area contributed by atoms with E-state index in [4.69, 9.17) is 5.73 Å². The predicted octanol–water partition coefficient (Wildman–Crippen LogP) is 2.66. The van der Waals surface area contributed by atoms with Crippen molar-refractivity contribution in [3.63, 3.8) is 0 Å². The van der Waals surface area contributed by atoms with E-state index in [1.165, 1.54) is 24.8 Å². The average molecular weight is 345 g/mol. The maximum Gasteiger partial charge on any atom is 0.422 e. The van der Waals surface area contributed by atoms with Crippen LogP contribution in [0.1, 0.15) is 42.5 Å². The van der Waals surface area contributed by atoms with E-state index < -0.39 is 12.8 Å². The number of carbonyl (C=O) groups is 1. The van der Waals surface area contributed by atoms with Gasteiger partial charge >= 0.3 is 6.18 Å². The monoisotopic (exact) mass is 345 g/mol. The smallest absolute Gasteiger partial charge is 0.422 e. The van der Waals surface area contributed by atoms with Crippen molar-refractivity contribution in [3.05, 3.63) is 23.9 Å². The molecule has 3 N–H and O–H groups in total. The molecule has 2 rings (SSSR count). The standard InChI is InChI=1S/C16H22F3N3O2/c17-16(18,19)10-24-14-7-6-12(9-21-14)15(23)22-13(8-20)11-4-2-1-3-5-11/h6-7,9,11,13H,1-5,8,10,20H2,(H,22,23). The molecule has 1 aliphatic carbocycles. The zero-order chi connectivity index (χ0) is 17.6. The summed E-state index contributed by atoms with van der Waals surface area (Å²) in [5, 5.41) is 2.90. The molecule has 0 radical (unpaired) electrons. The van der Waals surface area contributed by atoms with E-state index in [0.717, 1.165) is 25.7 Å². The maximum absolute atomic E-state index is 12.3. The van der Waals surface area contributed by atoms with Gasteiger partial charge in [-0.2, -0.15) is 13.2 Å². The summed E-state index contributed by atoms with van der Waals surface area (Å²) in [6, 6.07) is 2.54. The van der Waals surface area contributed by atoms with Crippen LogP contribution in [-0.4, -0.2) is 36.3 Å². The first-order valence-corrected chi connectivity index (χ1v) is 8.05. The normalized spacial score (nSPS) is 17.3. The molecule has 1 aromatic rings. The maximum atomic E-state index is 12.3. The molecule has 1 amide bonds. The van der Waals surface area contributed by atoms with Crippen LogP contribution in [0.5, 0.6) is 5.88 Å². The van der Waals surface area contributed by atoms with Crippen molar-refractivity contribution in [1.82, 2.24) is 10.3 Å². The summed E-state index contributed by atoms with van der Waals surface area (Å²) in [7, 11) is 0. The fourth-order valence-corrected chi connectivity index (χ4v) is 2.91. The molecule has 0 aliphatic heterocycles. The Bertz CT molecular complexity index is 528. The second kappa shape index (κ2) is 8.32. The minimum absolute atomic E-state index is 0.0982. The van der Waals surface area contributed by atoms with Gasteiger partial charge in [-0.25, -0.2) is 4.98 Å². The molecule has 1 aliphatic rings. The Balaban J connectivity index is 1.91. The zero-order valence-corrected chi connectivity index (χ0v) is 13.3. The number of hydrogen-bond acceptors (Lipinski definition) is 4. The van der Waals surface area contributed by atoms with Gasteiger partial charge in [0, 0.05) is 24.8 Å². The van der Waals surface area contributed by atoms with Gasteiger partial charge < -0.3 is 15.8 Å². The Morgan fingerprint density at radius 2 is 2.04 bits per heavy atom. The predicted molar refractivity (Wildman–Crippen MR) is 82.7 cm³/mol. The van der Waals surface area contributed by atoms with E-state index in [9.17, 15) is 18.0 Å². The highest BCUT2D eigenvalue weighted by atomic mass is 19.4. The van der Waals surface area contributed by atoms with Gasteiger partial charge in [-0.1, -0.05) is 19.3 Å².